The van der Waals surface area contributed by atoms with Gasteiger partial charge in [0.15, 0.2) is 0 Å². The zero-order valence-corrected chi connectivity index (χ0v) is 9.28. The fourth-order valence-corrected chi connectivity index (χ4v) is 1.33. The second-order valence-electron chi connectivity index (χ2n) is 4.18. The minimum Gasteiger partial charge on any atom is -0.369 e. The van der Waals surface area contributed by atoms with Crippen molar-refractivity contribution in [2.75, 3.05) is 14.1 Å². The van der Waals surface area contributed by atoms with Gasteiger partial charge < -0.3 is 10.6 Å². The van der Waals surface area contributed by atoms with Crippen LogP contribution in [0.15, 0.2) is 23.8 Å². The summed E-state index contributed by atoms with van der Waals surface area (Å²) in [5, 5.41) is 0. The van der Waals surface area contributed by atoms with Crippen molar-refractivity contribution < 1.29 is 9.59 Å². The Kier molecular flexibility index (Phi) is 2.98. The molecule has 4 nitrogen and oxygen atoms in total. The Morgan fingerprint density at radius 3 is 2.40 bits per heavy atom. The first kappa shape index (κ1) is 11.5. The second kappa shape index (κ2) is 3.88. The normalized spacial score (nSPS) is 24.6. The largest absolute Gasteiger partial charge is 0.369 e. The number of likely N-dealkylation sites (N-methyl/N-ethyl adjacent to an activating group) is 1. The van der Waals surface area contributed by atoms with Gasteiger partial charge in [-0.15, -0.1) is 0 Å². The second-order valence-corrected chi connectivity index (χ2v) is 4.18. The molecule has 0 aliphatic heterocycles. The third-order valence-corrected chi connectivity index (χ3v) is 2.59. The van der Waals surface area contributed by atoms with Crippen LogP contribution >= 0.6 is 0 Å². The zero-order chi connectivity index (χ0) is 11.6. The maximum Gasteiger partial charge on any atom is 0.252 e. The summed E-state index contributed by atoms with van der Waals surface area (Å²) in [7, 11) is 3.39. The van der Waals surface area contributed by atoms with E-state index in [1.165, 1.54) is 4.90 Å². The van der Waals surface area contributed by atoms with Crippen molar-refractivity contribution in [2.24, 2.45) is 11.1 Å². The molecule has 1 rings (SSSR count). The predicted octanol–water partition coefficient (Wildman–Crippen LogP) is 0.453. The van der Waals surface area contributed by atoms with Gasteiger partial charge in [-0.3, -0.25) is 9.59 Å². The van der Waals surface area contributed by atoms with Crippen molar-refractivity contribution >= 4 is 11.8 Å². The molecule has 1 unspecified atom stereocenters. The molecular formula is C11H16N2O2. The number of amides is 2. The van der Waals surface area contributed by atoms with Crippen LogP contribution in [0.3, 0.4) is 0 Å². The molecule has 0 spiro atoms. The first-order chi connectivity index (χ1) is 6.87. The molecule has 2 N–H and O–H groups in total. The summed E-state index contributed by atoms with van der Waals surface area (Å²) < 4.78 is 0. The van der Waals surface area contributed by atoms with Crippen LogP contribution < -0.4 is 5.73 Å². The van der Waals surface area contributed by atoms with E-state index in [9.17, 15) is 9.59 Å². The van der Waals surface area contributed by atoms with Crippen molar-refractivity contribution in [2.45, 2.75) is 13.3 Å². The van der Waals surface area contributed by atoms with Crippen LogP contribution in [0.4, 0.5) is 0 Å². The Balaban J connectivity index is 2.82. The van der Waals surface area contributed by atoms with Gasteiger partial charge in [0.05, 0.1) is 5.41 Å². The molecule has 0 bridgehead atoms. The molecule has 0 aromatic rings. The molecule has 1 aliphatic carbocycles. The van der Waals surface area contributed by atoms with E-state index in [0.717, 1.165) is 0 Å². The maximum atomic E-state index is 11.6. The van der Waals surface area contributed by atoms with E-state index < -0.39 is 5.41 Å². The number of rotatable bonds is 2. The summed E-state index contributed by atoms with van der Waals surface area (Å²) >= 11 is 0. The molecule has 0 fully saturated rings. The number of primary amides is 1. The van der Waals surface area contributed by atoms with Gasteiger partial charge in [0.2, 0.25) is 5.91 Å². The van der Waals surface area contributed by atoms with Crippen molar-refractivity contribution in [3.63, 3.8) is 0 Å². The van der Waals surface area contributed by atoms with E-state index in [4.69, 9.17) is 5.73 Å². The molecule has 82 valence electrons. The summed E-state index contributed by atoms with van der Waals surface area (Å²) in [5.41, 5.74) is 5.22. The average Bonchev–Trinajstić information content (AvgIpc) is 2.17. The lowest BCUT2D eigenvalue weighted by atomic mass is 9.81. The smallest absolute Gasteiger partial charge is 0.252 e. The first-order valence-corrected chi connectivity index (χ1v) is 4.78. The average molecular weight is 208 g/mol. The summed E-state index contributed by atoms with van der Waals surface area (Å²) in [6, 6.07) is 0. The summed E-state index contributed by atoms with van der Waals surface area (Å²) in [4.78, 5) is 24.2. The zero-order valence-electron chi connectivity index (χ0n) is 9.28. The monoisotopic (exact) mass is 208 g/mol. The number of hydrogen-bond donors (Lipinski definition) is 1. The number of carbonyl (C=O) groups excluding carboxylic acids is 2. The highest BCUT2D eigenvalue weighted by Gasteiger charge is 2.30. The summed E-state index contributed by atoms with van der Waals surface area (Å²) in [5.74, 6) is -0.427. The molecule has 1 atom stereocenters. The van der Waals surface area contributed by atoms with Crippen LogP contribution in [0.2, 0.25) is 0 Å². The summed E-state index contributed by atoms with van der Waals surface area (Å²) in [6.07, 6.45) is 5.60. The van der Waals surface area contributed by atoms with Gasteiger partial charge in [-0.2, -0.15) is 0 Å². The number of nitrogens with two attached hydrogens (primary N) is 1. The predicted molar refractivity (Wildman–Crippen MR) is 57.8 cm³/mol. The molecule has 2 amide bonds. The quantitative estimate of drug-likeness (QED) is 0.716. The van der Waals surface area contributed by atoms with E-state index in [2.05, 4.69) is 0 Å². The van der Waals surface area contributed by atoms with Crippen LogP contribution in [0.5, 0.6) is 0 Å². The topological polar surface area (TPSA) is 63.4 Å². The fourth-order valence-electron chi connectivity index (χ4n) is 1.33. The van der Waals surface area contributed by atoms with Gasteiger partial charge in [0, 0.05) is 19.7 Å². The van der Waals surface area contributed by atoms with E-state index in [1.54, 1.807) is 39.2 Å². The highest BCUT2D eigenvalue weighted by Crippen LogP contribution is 2.29. The first-order valence-electron chi connectivity index (χ1n) is 4.78. The maximum absolute atomic E-state index is 11.6. The highest BCUT2D eigenvalue weighted by atomic mass is 16.2. The SMILES string of the molecule is CN(C)C(=O)C1=CCC(C)(C(N)=O)C=C1. The minimum absolute atomic E-state index is 0.0576. The minimum atomic E-state index is -0.657. The molecule has 0 saturated heterocycles. The lowest BCUT2D eigenvalue weighted by Crippen LogP contribution is -2.34. The fraction of sp³-hybridized carbons (Fsp3) is 0.455. The lowest BCUT2D eigenvalue weighted by molar-refractivity contribution is -0.126. The number of hydrogen-bond acceptors (Lipinski definition) is 2. The lowest BCUT2D eigenvalue weighted by Gasteiger charge is -2.24. The van der Waals surface area contributed by atoms with Crippen LogP contribution in [-0.2, 0) is 9.59 Å². The van der Waals surface area contributed by atoms with Gasteiger partial charge in [0.25, 0.3) is 5.91 Å². The van der Waals surface area contributed by atoms with E-state index >= 15 is 0 Å². The highest BCUT2D eigenvalue weighted by molar-refractivity contribution is 5.97. The van der Waals surface area contributed by atoms with Crippen LogP contribution in [0, 0.1) is 5.41 Å². The molecule has 0 radical (unpaired) electrons. The van der Waals surface area contributed by atoms with E-state index in [1.807, 2.05) is 0 Å². The van der Waals surface area contributed by atoms with Gasteiger partial charge >= 0.3 is 0 Å². The van der Waals surface area contributed by atoms with Gasteiger partial charge in [0.1, 0.15) is 0 Å². The van der Waals surface area contributed by atoms with Crippen molar-refractivity contribution in [3.8, 4) is 0 Å². The Bertz CT molecular complexity index is 356. The van der Waals surface area contributed by atoms with Crippen LogP contribution in [0.1, 0.15) is 13.3 Å². The van der Waals surface area contributed by atoms with Crippen LogP contribution in [-0.4, -0.2) is 30.8 Å². The Hall–Kier alpha value is -1.58. The molecule has 0 saturated carbocycles. The van der Waals surface area contributed by atoms with E-state index in [-0.39, 0.29) is 11.8 Å². The molecule has 1 aliphatic rings. The van der Waals surface area contributed by atoms with Gasteiger partial charge in [-0.25, -0.2) is 0 Å². The number of nitrogens with zero attached hydrogens (tertiary/aromatic N) is 1. The molecule has 0 aromatic heterocycles. The molecule has 0 aromatic carbocycles. The molecule has 0 heterocycles. The third-order valence-electron chi connectivity index (χ3n) is 2.59. The molecule has 15 heavy (non-hydrogen) atoms. The van der Waals surface area contributed by atoms with E-state index in [0.29, 0.717) is 12.0 Å². The Morgan fingerprint density at radius 1 is 1.47 bits per heavy atom. The number of allylic oxidation sites excluding steroid dienone is 1. The molecule has 4 heteroatoms. The third kappa shape index (κ3) is 2.26. The van der Waals surface area contributed by atoms with Crippen molar-refractivity contribution in [1.29, 1.82) is 0 Å². The standard InChI is InChI=1S/C11H16N2O2/c1-11(10(12)15)6-4-8(5-7-11)9(14)13(2)3/h4-6H,7H2,1-3H3,(H2,12,15). The Morgan fingerprint density at radius 2 is 2.07 bits per heavy atom. The Labute approximate surface area is 89.4 Å². The van der Waals surface area contributed by atoms with Gasteiger partial charge in [-0.05, 0) is 13.3 Å². The molecular weight excluding hydrogens is 192 g/mol. The van der Waals surface area contributed by atoms with Gasteiger partial charge in [-0.1, -0.05) is 18.2 Å². The van der Waals surface area contributed by atoms with Crippen molar-refractivity contribution in [1.82, 2.24) is 4.90 Å². The number of carbonyl (C=O) groups is 2. The summed E-state index contributed by atoms with van der Waals surface area (Å²) in [6.45, 7) is 1.76. The van der Waals surface area contributed by atoms with Crippen LogP contribution in [0.25, 0.3) is 0 Å². The van der Waals surface area contributed by atoms with Crippen molar-refractivity contribution in [3.05, 3.63) is 23.8 Å².